The maximum atomic E-state index is 11.6. The molecule has 2 N–H and O–H groups in total. The zero-order valence-electron chi connectivity index (χ0n) is 7.81. The van der Waals surface area contributed by atoms with Crippen molar-refractivity contribution in [3.63, 3.8) is 0 Å². The van der Waals surface area contributed by atoms with Crippen molar-refractivity contribution in [2.75, 3.05) is 5.32 Å². The molecule has 0 unspecified atom stereocenters. The molecule has 0 spiro atoms. The van der Waals surface area contributed by atoms with Gasteiger partial charge in [-0.3, -0.25) is 4.79 Å². The number of anilines is 1. The second-order valence-electron chi connectivity index (χ2n) is 3.02. The van der Waals surface area contributed by atoms with Gasteiger partial charge in [0, 0.05) is 10.9 Å². The first-order valence-corrected chi connectivity index (χ1v) is 5.32. The number of amides is 1. The standard InChI is InChI=1S/C11H9NO2S/c13-10-3-1-2-8(6-10)11(14)12-9-4-5-15-7-9/h1-7,13H,(H,12,14). The van der Waals surface area contributed by atoms with Gasteiger partial charge >= 0.3 is 0 Å². The molecule has 3 nitrogen and oxygen atoms in total. The molecule has 1 heterocycles. The molecule has 0 aliphatic heterocycles. The van der Waals surface area contributed by atoms with Crippen LogP contribution in [0.25, 0.3) is 0 Å². The van der Waals surface area contributed by atoms with Crippen LogP contribution in [0.15, 0.2) is 41.1 Å². The van der Waals surface area contributed by atoms with Crippen LogP contribution in [-0.2, 0) is 0 Å². The summed E-state index contributed by atoms with van der Waals surface area (Å²) in [6, 6.07) is 8.08. The van der Waals surface area contributed by atoms with Crippen molar-refractivity contribution in [2.45, 2.75) is 0 Å². The van der Waals surface area contributed by atoms with Crippen LogP contribution >= 0.6 is 11.3 Å². The second kappa shape index (κ2) is 4.14. The van der Waals surface area contributed by atoms with E-state index >= 15 is 0 Å². The average molecular weight is 219 g/mol. The Balaban J connectivity index is 2.15. The largest absolute Gasteiger partial charge is 0.508 e. The number of hydrogen-bond donors (Lipinski definition) is 2. The van der Waals surface area contributed by atoms with Crippen molar-refractivity contribution in [2.24, 2.45) is 0 Å². The second-order valence-corrected chi connectivity index (χ2v) is 3.80. The maximum Gasteiger partial charge on any atom is 0.255 e. The van der Waals surface area contributed by atoms with Crippen LogP contribution in [0.1, 0.15) is 10.4 Å². The third-order valence-electron chi connectivity index (χ3n) is 1.89. The Morgan fingerprint density at radius 1 is 1.33 bits per heavy atom. The summed E-state index contributed by atoms with van der Waals surface area (Å²) in [4.78, 5) is 11.6. The molecule has 0 saturated heterocycles. The zero-order chi connectivity index (χ0) is 10.7. The van der Waals surface area contributed by atoms with E-state index in [1.165, 1.54) is 23.5 Å². The number of nitrogens with one attached hydrogen (secondary N) is 1. The van der Waals surface area contributed by atoms with Gasteiger partial charge in [-0.25, -0.2) is 0 Å². The molecule has 0 fully saturated rings. The minimum absolute atomic E-state index is 0.0907. The SMILES string of the molecule is O=C(Nc1ccsc1)c1cccc(O)c1. The summed E-state index contributed by atoms with van der Waals surface area (Å²) in [6.07, 6.45) is 0. The van der Waals surface area contributed by atoms with Crippen LogP contribution in [0.5, 0.6) is 5.75 Å². The van der Waals surface area contributed by atoms with E-state index in [1.54, 1.807) is 12.1 Å². The Kier molecular flexibility index (Phi) is 2.69. The number of phenolic OH excluding ortho intramolecular Hbond substituents is 1. The van der Waals surface area contributed by atoms with Gasteiger partial charge in [-0.2, -0.15) is 11.3 Å². The molecule has 0 aliphatic carbocycles. The number of aromatic hydroxyl groups is 1. The lowest BCUT2D eigenvalue weighted by Gasteiger charge is -2.02. The third-order valence-corrected chi connectivity index (χ3v) is 2.57. The molecule has 0 atom stereocenters. The number of hydrogen-bond acceptors (Lipinski definition) is 3. The monoisotopic (exact) mass is 219 g/mol. The molecule has 0 aliphatic rings. The van der Waals surface area contributed by atoms with E-state index in [2.05, 4.69) is 5.32 Å². The van der Waals surface area contributed by atoms with Crippen LogP contribution in [0.2, 0.25) is 0 Å². The van der Waals surface area contributed by atoms with E-state index in [0.29, 0.717) is 5.56 Å². The summed E-state index contributed by atoms with van der Waals surface area (Å²) in [5.74, 6) is -0.128. The van der Waals surface area contributed by atoms with Gasteiger partial charge in [-0.1, -0.05) is 6.07 Å². The minimum atomic E-state index is -0.218. The van der Waals surface area contributed by atoms with Crippen LogP contribution in [0, 0.1) is 0 Å². The lowest BCUT2D eigenvalue weighted by molar-refractivity contribution is 0.102. The number of carbonyl (C=O) groups excluding carboxylic acids is 1. The van der Waals surface area contributed by atoms with Gasteiger partial charge in [0.2, 0.25) is 0 Å². The molecular formula is C11H9NO2S. The first-order chi connectivity index (χ1) is 7.25. The van der Waals surface area contributed by atoms with E-state index in [4.69, 9.17) is 0 Å². The molecule has 4 heteroatoms. The number of rotatable bonds is 2. The molecule has 1 amide bonds. The highest BCUT2D eigenvalue weighted by atomic mass is 32.1. The Bertz CT molecular complexity index is 465. The Morgan fingerprint density at radius 3 is 2.87 bits per heavy atom. The molecule has 1 aromatic carbocycles. The predicted molar refractivity (Wildman–Crippen MR) is 60.4 cm³/mol. The average Bonchev–Trinajstić information content (AvgIpc) is 2.70. The van der Waals surface area contributed by atoms with Crippen molar-refractivity contribution in [3.05, 3.63) is 46.7 Å². The molecular weight excluding hydrogens is 210 g/mol. The molecule has 2 rings (SSSR count). The van der Waals surface area contributed by atoms with Gasteiger partial charge in [0.15, 0.2) is 0 Å². The van der Waals surface area contributed by atoms with Crippen molar-refractivity contribution in [3.8, 4) is 5.75 Å². The molecule has 2 aromatic rings. The van der Waals surface area contributed by atoms with Gasteiger partial charge in [0.05, 0.1) is 5.69 Å². The maximum absolute atomic E-state index is 11.6. The summed E-state index contributed by atoms with van der Waals surface area (Å²) in [7, 11) is 0. The topological polar surface area (TPSA) is 49.3 Å². The predicted octanol–water partition coefficient (Wildman–Crippen LogP) is 2.71. The molecule has 0 radical (unpaired) electrons. The number of benzene rings is 1. The fraction of sp³-hybridized carbons (Fsp3) is 0. The van der Waals surface area contributed by atoms with Gasteiger partial charge < -0.3 is 10.4 Å². The fourth-order valence-corrected chi connectivity index (χ4v) is 1.77. The van der Waals surface area contributed by atoms with Crippen molar-refractivity contribution in [1.82, 2.24) is 0 Å². The molecule has 0 saturated carbocycles. The van der Waals surface area contributed by atoms with E-state index in [0.717, 1.165) is 5.69 Å². The van der Waals surface area contributed by atoms with Gasteiger partial charge in [-0.05, 0) is 29.6 Å². The first-order valence-electron chi connectivity index (χ1n) is 4.38. The highest BCUT2D eigenvalue weighted by Gasteiger charge is 2.06. The van der Waals surface area contributed by atoms with Gasteiger partial charge in [0.1, 0.15) is 5.75 Å². The van der Waals surface area contributed by atoms with E-state index in [1.807, 2.05) is 16.8 Å². The molecule has 0 bridgehead atoms. The van der Waals surface area contributed by atoms with E-state index in [9.17, 15) is 9.90 Å². The van der Waals surface area contributed by atoms with Gasteiger partial charge in [-0.15, -0.1) is 0 Å². The Labute approximate surface area is 91.0 Å². The molecule has 76 valence electrons. The highest BCUT2D eigenvalue weighted by Crippen LogP contribution is 2.15. The summed E-state index contributed by atoms with van der Waals surface area (Å²) in [5, 5.41) is 15.7. The molecule has 1 aromatic heterocycles. The first kappa shape index (κ1) is 9.73. The van der Waals surface area contributed by atoms with Crippen LogP contribution in [-0.4, -0.2) is 11.0 Å². The smallest absolute Gasteiger partial charge is 0.255 e. The Hall–Kier alpha value is -1.81. The van der Waals surface area contributed by atoms with Crippen LogP contribution in [0.4, 0.5) is 5.69 Å². The van der Waals surface area contributed by atoms with Gasteiger partial charge in [0.25, 0.3) is 5.91 Å². The van der Waals surface area contributed by atoms with E-state index in [-0.39, 0.29) is 11.7 Å². The summed E-state index contributed by atoms with van der Waals surface area (Å²) in [5.41, 5.74) is 1.22. The number of thiophene rings is 1. The van der Waals surface area contributed by atoms with Crippen molar-refractivity contribution in [1.29, 1.82) is 0 Å². The Morgan fingerprint density at radius 2 is 2.20 bits per heavy atom. The van der Waals surface area contributed by atoms with Crippen LogP contribution in [0.3, 0.4) is 0 Å². The fourth-order valence-electron chi connectivity index (χ4n) is 1.19. The molecule has 15 heavy (non-hydrogen) atoms. The van der Waals surface area contributed by atoms with E-state index < -0.39 is 0 Å². The minimum Gasteiger partial charge on any atom is -0.508 e. The van der Waals surface area contributed by atoms with Crippen LogP contribution < -0.4 is 5.32 Å². The highest BCUT2D eigenvalue weighted by molar-refractivity contribution is 7.08. The third kappa shape index (κ3) is 2.35. The quantitative estimate of drug-likeness (QED) is 0.815. The van der Waals surface area contributed by atoms with Crippen molar-refractivity contribution >= 4 is 22.9 Å². The van der Waals surface area contributed by atoms with Crippen molar-refractivity contribution < 1.29 is 9.90 Å². The zero-order valence-corrected chi connectivity index (χ0v) is 8.62. The summed E-state index contributed by atoms with van der Waals surface area (Å²) in [6.45, 7) is 0. The lowest BCUT2D eigenvalue weighted by Crippen LogP contribution is -2.10. The lowest BCUT2D eigenvalue weighted by atomic mass is 10.2. The number of phenols is 1. The summed E-state index contributed by atoms with van der Waals surface area (Å²) < 4.78 is 0. The normalized spacial score (nSPS) is 9.87. The summed E-state index contributed by atoms with van der Waals surface area (Å²) >= 11 is 1.52. The number of carbonyl (C=O) groups is 1.